The van der Waals surface area contributed by atoms with Gasteiger partial charge in [0.1, 0.15) is 0 Å². The number of anilines is 1. The topological polar surface area (TPSA) is 44.4 Å². The molecule has 1 aromatic rings. The van der Waals surface area contributed by atoms with Gasteiger partial charge in [0.25, 0.3) is 0 Å². The molecule has 0 aromatic heterocycles. The van der Waals surface area contributed by atoms with Crippen molar-refractivity contribution in [3.63, 3.8) is 0 Å². The van der Waals surface area contributed by atoms with Crippen molar-refractivity contribution < 1.29 is 4.79 Å². The molecule has 1 atom stereocenters. The highest BCUT2D eigenvalue weighted by Gasteiger charge is 2.21. The number of nitrogens with zero attached hydrogens (tertiary/aromatic N) is 1. The normalized spacial score (nSPS) is 18.7. The van der Waals surface area contributed by atoms with Crippen molar-refractivity contribution in [2.24, 2.45) is 5.92 Å². The monoisotopic (exact) mass is 247 g/mol. The van der Waals surface area contributed by atoms with Crippen molar-refractivity contribution in [3.8, 4) is 0 Å². The van der Waals surface area contributed by atoms with Crippen molar-refractivity contribution >= 4 is 11.6 Å². The van der Waals surface area contributed by atoms with E-state index in [1.807, 2.05) is 14.1 Å². The standard InChI is InChI=1S/C14H21N3O/c1-17(2)13-5-3-11(4-6-13)9-16-14(18)12-7-8-15-10-12/h3-6,12,15H,7-10H2,1-2H3,(H,16,18). The zero-order valence-corrected chi connectivity index (χ0v) is 11.1. The smallest absolute Gasteiger partial charge is 0.224 e. The van der Waals surface area contributed by atoms with E-state index >= 15 is 0 Å². The molecule has 1 aliphatic rings. The number of carbonyl (C=O) groups excluding carboxylic acids is 1. The second-order valence-electron chi connectivity index (χ2n) is 4.97. The van der Waals surface area contributed by atoms with Crippen LogP contribution in [0.25, 0.3) is 0 Å². The highest BCUT2D eigenvalue weighted by Crippen LogP contribution is 2.12. The lowest BCUT2D eigenvalue weighted by atomic mass is 10.1. The van der Waals surface area contributed by atoms with Crippen molar-refractivity contribution in [2.45, 2.75) is 13.0 Å². The van der Waals surface area contributed by atoms with Gasteiger partial charge in [0.05, 0.1) is 5.92 Å². The van der Waals surface area contributed by atoms with E-state index in [1.165, 1.54) is 5.69 Å². The van der Waals surface area contributed by atoms with Crippen LogP contribution >= 0.6 is 0 Å². The molecule has 0 spiro atoms. The Morgan fingerprint density at radius 1 is 1.39 bits per heavy atom. The molecule has 0 radical (unpaired) electrons. The number of hydrogen-bond donors (Lipinski definition) is 2. The molecule has 1 unspecified atom stereocenters. The predicted molar refractivity (Wildman–Crippen MR) is 73.6 cm³/mol. The minimum atomic E-state index is 0.144. The summed E-state index contributed by atoms with van der Waals surface area (Å²) in [7, 11) is 4.04. The Balaban J connectivity index is 1.84. The molecule has 4 heteroatoms. The number of benzene rings is 1. The molecule has 2 N–H and O–H groups in total. The summed E-state index contributed by atoms with van der Waals surface area (Å²) in [6.45, 7) is 2.38. The van der Waals surface area contributed by atoms with Gasteiger partial charge in [-0.2, -0.15) is 0 Å². The average Bonchev–Trinajstić information content (AvgIpc) is 2.90. The Labute approximate surface area is 108 Å². The zero-order valence-electron chi connectivity index (χ0n) is 11.1. The van der Waals surface area contributed by atoms with E-state index < -0.39 is 0 Å². The first-order chi connectivity index (χ1) is 8.66. The second kappa shape index (κ2) is 5.87. The van der Waals surface area contributed by atoms with Gasteiger partial charge in [-0.1, -0.05) is 12.1 Å². The van der Waals surface area contributed by atoms with Gasteiger partial charge in [0, 0.05) is 32.9 Å². The third-order valence-electron chi connectivity index (χ3n) is 3.35. The van der Waals surface area contributed by atoms with Crippen LogP contribution in [0.2, 0.25) is 0 Å². The summed E-state index contributed by atoms with van der Waals surface area (Å²) >= 11 is 0. The molecule has 1 fully saturated rings. The average molecular weight is 247 g/mol. The van der Waals surface area contributed by atoms with Crippen molar-refractivity contribution in [3.05, 3.63) is 29.8 Å². The van der Waals surface area contributed by atoms with Gasteiger partial charge in [-0.05, 0) is 30.7 Å². The van der Waals surface area contributed by atoms with Gasteiger partial charge < -0.3 is 15.5 Å². The van der Waals surface area contributed by atoms with E-state index in [2.05, 4.69) is 39.8 Å². The highest BCUT2D eigenvalue weighted by atomic mass is 16.1. The molecule has 1 aromatic carbocycles. The van der Waals surface area contributed by atoms with Crippen LogP contribution in [-0.2, 0) is 11.3 Å². The van der Waals surface area contributed by atoms with Gasteiger partial charge in [0.15, 0.2) is 0 Å². The third-order valence-corrected chi connectivity index (χ3v) is 3.35. The number of amides is 1. The Hall–Kier alpha value is -1.55. The fraction of sp³-hybridized carbons (Fsp3) is 0.500. The molecule has 0 saturated carbocycles. The number of hydrogen-bond acceptors (Lipinski definition) is 3. The highest BCUT2D eigenvalue weighted by molar-refractivity contribution is 5.79. The van der Waals surface area contributed by atoms with Crippen molar-refractivity contribution in [2.75, 3.05) is 32.1 Å². The van der Waals surface area contributed by atoms with Gasteiger partial charge in [-0.25, -0.2) is 0 Å². The van der Waals surface area contributed by atoms with Crippen LogP contribution in [0.15, 0.2) is 24.3 Å². The summed E-state index contributed by atoms with van der Waals surface area (Å²) in [5.41, 5.74) is 2.31. The van der Waals surface area contributed by atoms with Crippen LogP contribution in [0.5, 0.6) is 0 Å². The Bertz CT molecular complexity index is 394. The van der Waals surface area contributed by atoms with Gasteiger partial charge in [0.2, 0.25) is 5.91 Å². The minimum Gasteiger partial charge on any atom is -0.378 e. The van der Waals surface area contributed by atoms with Crippen LogP contribution in [0.1, 0.15) is 12.0 Å². The van der Waals surface area contributed by atoms with Crippen LogP contribution in [0.3, 0.4) is 0 Å². The van der Waals surface area contributed by atoms with E-state index in [0.29, 0.717) is 6.54 Å². The summed E-state index contributed by atoms with van der Waals surface area (Å²) < 4.78 is 0. The van der Waals surface area contributed by atoms with Crippen LogP contribution in [0.4, 0.5) is 5.69 Å². The SMILES string of the molecule is CN(C)c1ccc(CNC(=O)C2CCNC2)cc1. The minimum absolute atomic E-state index is 0.144. The van der Waals surface area contributed by atoms with Gasteiger partial charge >= 0.3 is 0 Å². The Kier molecular flexibility index (Phi) is 4.20. The Morgan fingerprint density at radius 3 is 2.67 bits per heavy atom. The summed E-state index contributed by atoms with van der Waals surface area (Å²) in [4.78, 5) is 13.9. The van der Waals surface area contributed by atoms with Crippen molar-refractivity contribution in [1.29, 1.82) is 0 Å². The molecule has 4 nitrogen and oxygen atoms in total. The fourth-order valence-corrected chi connectivity index (χ4v) is 2.12. The first-order valence-electron chi connectivity index (χ1n) is 6.41. The lowest BCUT2D eigenvalue weighted by molar-refractivity contribution is -0.124. The lowest BCUT2D eigenvalue weighted by Crippen LogP contribution is -2.31. The first kappa shape index (κ1) is 12.9. The summed E-state index contributed by atoms with van der Waals surface area (Å²) in [5, 5.41) is 6.20. The summed E-state index contributed by atoms with van der Waals surface area (Å²) in [5.74, 6) is 0.308. The molecule has 1 saturated heterocycles. The van der Waals surface area contributed by atoms with Crippen LogP contribution in [-0.4, -0.2) is 33.1 Å². The van der Waals surface area contributed by atoms with Crippen LogP contribution in [0, 0.1) is 5.92 Å². The summed E-state index contributed by atoms with van der Waals surface area (Å²) in [6, 6.07) is 8.25. The van der Waals surface area contributed by atoms with Crippen molar-refractivity contribution in [1.82, 2.24) is 10.6 Å². The second-order valence-corrected chi connectivity index (χ2v) is 4.97. The fourth-order valence-electron chi connectivity index (χ4n) is 2.12. The summed E-state index contributed by atoms with van der Waals surface area (Å²) in [6.07, 6.45) is 0.950. The molecule has 0 bridgehead atoms. The maximum atomic E-state index is 11.8. The van der Waals surface area contributed by atoms with E-state index in [-0.39, 0.29) is 11.8 Å². The quantitative estimate of drug-likeness (QED) is 0.833. The van der Waals surface area contributed by atoms with Gasteiger partial charge in [-0.3, -0.25) is 4.79 Å². The molecule has 1 heterocycles. The van der Waals surface area contributed by atoms with Crippen LogP contribution < -0.4 is 15.5 Å². The maximum absolute atomic E-state index is 11.8. The number of carbonyl (C=O) groups is 1. The third kappa shape index (κ3) is 3.23. The van der Waals surface area contributed by atoms with E-state index in [4.69, 9.17) is 0 Å². The molecule has 18 heavy (non-hydrogen) atoms. The first-order valence-corrected chi connectivity index (χ1v) is 6.41. The Morgan fingerprint density at radius 2 is 2.11 bits per heavy atom. The maximum Gasteiger partial charge on any atom is 0.224 e. The molecule has 2 rings (SSSR count). The largest absolute Gasteiger partial charge is 0.378 e. The molecule has 1 aliphatic heterocycles. The number of nitrogens with one attached hydrogen (secondary N) is 2. The number of rotatable bonds is 4. The molecular weight excluding hydrogens is 226 g/mol. The zero-order chi connectivity index (χ0) is 13.0. The predicted octanol–water partition coefficient (Wildman–Crippen LogP) is 0.978. The van der Waals surface area contributed by atoms with E-state index in [0.717, 1.165) is 25.1 Å². The van der Waals surface area contributed by atoms with E-state index in [9.17, 15) is 4.79 Å². The van der Waals surface area contributed by atoms with E-state index in [1.54, 1.807) is 0 Å². The molecule has 0 aliphatic carbocycles. The lowest BCUT2D eigenvalue weighted by Gasteiger charge is -2.13. The molecular formula is C14H21N3O. The molecule has 1 amide bonds. The van der Waals surface area contributed by atoms with Gasteiger partial charge in [-0.15, -0.1) is 0 Å². The molecule has 98 valence electrons.